The summed E-state index contributed by atoms with van der Waals surface area (Å²) in [4.78, 5) is 14.2. The largest absolute Gasteiger partial charge is 0.325 e. The minimum Gasteiger partial charge on any atom is -0.325 e. The highest BCUT2D eigenvalue weighted by molar-refractivity contribution is 5.95. The molecule has 2 rings (SSSR count). The lowest BCUT2D eigenvalue weighted by Gasteiger charge is -2.38. The van der Waals surface area contributed by atoms with Crippen molar-refractivity contribution in [3.8, 4) is 0 Å². The quantitative estimate of drug-likeness (QED) is 0.907. The fraction of sp³-hybridized carbons (Fsp3) is 0.692. The Morgan fingerprint density at radius 3 is 2.65 bits per heavy atom. The predicted octanol–water partition coefficient (Wildman–Crippen LogP) is 2.13. The zero-order valence-corrected chi connectivity index (χ0v) is 13.8. The van der Waals surface area contributed by atoms with Gasteiger partial charge in [-0.25, -0.2) is 0 Å². The molecule has 5 nitrogen and oxygen atoms in total. The van der Waals surface area contributed by atoms with Crippen LogP contribution in [-0.4, -0.2) is 28.3 Å². The van der Waals surface area contributed by atoms with Gasteiger partial charge in [0.2, 0.25) is 5.91 Å². The molecule has 1 aromatic heterocycles. The van der Waals surface area contributed by atoms with E-state index in [0.29, 0.717) is 0 Å². The summed E-state index contributed by atoms with van der Waals surface area (Å²) in [6.45, 7) is 1.99. The van der Waals surface area contributed by atoms with Crippen molar-refractivity contribution in [2.24, 2.45) is 18.7 Å². The Balaban J connectivity index is 0.00000180. The van der Waals surface area contributed by atoms with Gasteiger partial charge in [-0.3, -0.25) is 9.48 Å². The molecule has 116 valence electrons. The van der Waals surface area contributed by atoms with Crippen LogP contribution < -0.4 is 10.6 Å². The van der Waals surface area contributed by atoms with Gasteiger partial charge in [0.1, 0.15) is 0 Å². The maximum absolute atomic E-state index is 12.5. The van der Waals surface area contributed by atoms with E-state index in [9.17, 15) is 4.79 Å². The van der Waals surface area contributed by atoms with E-state index in [2.05, 4.69) is 5.10 Å². The number of hydrogen-bond donors (Lipinski definition) is 1. The van der Waals surface area contributed by atoms with Gasteiger partial charge in [-0.15, -0.1) is 24.8 Å². The minimum atomic E-state index is -0.383. The second kappa shape index (κ2) is 7.29. The van der Waals surface area contributed by atoms with Crippen LogP contribution in [0.2, 0.25) is 0 Å². The summed E-state index contributed by atoms with van der Waals surface area (Å²) < 4.78 is 1.70. The Morgan fingerprint density at radius 2 is 2.15 bits per heavy atom. The molecule has 1 amide bonds. The van der Waals surface area contributed by atoms with Gasteiger partial charge in [-0.2, -0.15) is 5.10 Å². The summed E-state index contributed by atoms with van der Waals surface area (Å²) in [6.07, 6.45) is 7.56. The Bertz CT molecular complexity index is 447. The number of nitrogens with two attached hydrogens (primary N) is 1. The van der Waals surface area contributed by atoms with E-state index in [4.69, 9.17) is 5.73 Å². The first kappa shape index (κ1) is 19.2. The van der Waals surface area contributed by atoms with Gasteiger partial charge in [-0.1, -0.05) is 12.8 Å². The van der Waals surface area contributed by atoms with Gasteiger partial charge in [0.05, 0.1) is 17.8 Å². The Morgan fingerprint density at radius 1 is 1.50 bits per heavy atom. The number of rotatable bonds is 2. The molecule has 0 bridgehead atoms. The van der Waals surface area contributed by atoms with Gasteiger partial charge < -0.3 is 10.6 Å². The van der Waals surface area contributed by atoms with Gasteiger partial charge in [0.15, 0.2) is 0 Å². The molecule has 1 aromatic rings. The molecule has 2 unspecified atom stereocenters. The number of halogens is 2. The van der Waals surface area contributed by atoms with Crippen molar-refractivity contribution in [1.82, 2.24) is 9.78 Å². The first-order chi connectivity index (χ1) is 8.42. The topological polar surface area (TPSA) is 64.2 Å². The third-order valence-electron chi connectivity index (χ3n) is 3.96. The van der Waals surface area contributed by atoms with Crippen LogP contribution in [0.15, 0.2) is 12.4 Å². The second-order valence-electron chi connectivity index (χ2n) is 5.57. The predicted molar refractivity (Wildman–Crippen MR) is 85.7 cm³/mol. The highest BCUT2D eigenvalue weighted by Gasteiger charge is 2.39. The smallest absolute Gasteiger partial charge is 0.231 e. The van der Waals surface area contributed by atoms with Crippen molar-refractivity contribution in [3.63, 3.8) is 0 Å². The summed E-state index contributed by atoms with van der Waals surface area (Å²) in [5.41, 5.74) is 6.72. The lowest BCUT2D eigenvalue weighted by Crippen LogP contribution is -2.53. The zero-order chi connectivity index (χ0) is 13.3. The van der Waals surface area contributed by atoms with Crippen LogP contribution in [0.25, 0.3) is 0 Å². The molecule has 1 saturated carbocycles. The van der Waals surface area contributed by atoms with Crippen LogP contribution in [0.4, 0.5) is 5.69 Å². The molecule has 1 aliphatic rings. The molecular weight excluding hydrogens is 299 g/mol. The first-order valence-electron chi connectivity index (χ1n) is 6.47. The average molecular weight is 323 g/mol. The summed E-state index contributed by atoms with van der Waals surface area (Å²) in [6, 6.07) is 0. The van der Waals surface area contributed by atoms with Gasteiger partial charge in [-0.05, 0) is 19.8 Å². The molecule has 0 saturated heterocycles. The lowest BCUT2D eigenvalue weighted by molar-refractivity contribution is -0.125. The molecule has 1 fully saturated rings. The van der Waals surface area contributed by atoms with E-state index in [1.165, 1.54) is 0 Å². The Kier molecular flexibility index (Phi) is 7.01. The van der Waals surface area contributed by atoms with E-state index in [1.54, 1.807) is 22.8 Å². The fourth-order valence-corrected chi connectivity index (χ4v) is 2.71. The Hall–Kier alpha value is -0.780. The van der Waals surface area contributed by atoms with Crippen molar-refractivity contribution < 1.29 is 4.79 Å². The molecule has 0 aliphatic heterocycles. The Labute approximate surface area is 132 Å². The molecule has 20 heavy (non-hydrogen) atoms. The van der Waals surface area contributed by atoms with Crippen molar-refractivity contribution in [2.75, 3.05) is 11.9 Å². The third-order valence-corrected chi connectivity index (χ3v) is 3.96. The lowest BCUT2D eigenvalue weighted by atomic mass is 9.74. The maximum atomic E-state index is 12.5. The van der Waals surface area contributed by atoms with Gasteiger partial charge in [0.25, 0.3) is 0 Å². The summed E-state index contributed by atoms with van der Waals surface area (Å²) in [5.74, 6) is 0.0177. The number of carbonyl (C=O) groups is 1. The highest BCUT2D eigenvalue weighted by Crippen LogP contribution is 2.33. The molecule has 0 aromatic carbocycles. The van der Waals surface area contributed by atoms with E-state index in [-0.39, 0.29) is 42.2 Å². The number of carbonyl (C=O) groups excluding carboxylic acids is 1. The van der Waals surface area contributed by atoms with Crippen molar-refractivity contribution in [3.05, 3.63) is 12.4 Å². The molecule has 1 aliphatic carbocycles. The van der Waals surface area contributed by atoms with Crippen LogP contribution in [0.1, 0.15) is 32.6 Å². The second-order valence-corrected chi connectivity index (χ2v) is 5.57. The standard InChI is InChI=1S/C13H22N4O.2ClH/c1-13(14)7-5-4-6-11(13)12(18)17(3)10-8-15-16(2)9-10;;/h8-9,11H,4-7,14H2,1-3H3;2*1H. The molecule has 0 spiro atoms. The molecular formula is C13H24Cl2N4O. The van der Waals surface area contributed by atoms with Crippen LogP contribution in [0, 0.1) is 5.92 Å². The van der Waals surface area contributed by atoms with E-state index in [1.807, 2.05) is 20.2 Å². The number of hydrogen-bond acceptors (Lipinski definition) is 3. The maximum Gasteiger partial charge on any atom is 0.231 e. The van der Waals surface area contributed by atoms with Crippen LogP contribution in [-0.2, 0) is 11.8 Å². The SMILES string of the molecule is CN(C(=O)C1CCCCC1(C)N)c1cnn(C)c1.Cl.Cl. The number of aryl methyl sites for hydroxylation is 1. The average Bonchev–Trinajstić information content (AvgIpc) is 2.73. The normalized spacial score (nSPS) is 25.3. The molecule has 1 heterocycles. The van der Waals surface area contributed by atoms with Crippen LogP contribution in [0.5, 0.6) is 0 Å². The summed E-state index contributed by atoms with van der Waals surface area (Å²) >= 11 is 0. The number of aromatic nitrogens is 2. The van der Waals surface area contributed by atoms with E-state index < -0.39 is 0 Å². The highest BCUT2D eigenvalue weighted by atomic mass is 35.5. The van der Waals surface area contributed by atoms with E-state index >= 15 is 0 Å². The molecule has 2 N–H and O–H groups in total. The summed E-state index contributed by atoms with van der Waals surface area (Å²) in [7, 11) is 3.64. The van der Waals surface area contributed by atoms with Gasteiger partial charge >= 0.3 is 0 Å². The number of nitrogens with zero attached hydrogens (tertiary/aromatic N) is 3. The fourth-order valence-electron chi connectivity index (χ4n) is 2.71. The van der Waals surface area contributed by atoms with Crippen molar-refractivity contribution >= 4 is 36.4 Å². The zero-order valence-electron chi connectivity index (χ0n) is 12.2. The van der Waals surface area contributed by atoms with Crippen molar-refractivity contribution in [2.45, 2.75) is 38.1 Å². The van der Waals surface area contributed by atoms with Crippen LogP contribution in [0.3, 0.4) is 0 Å². The number of amides is 1. The van der Waals surface area contributed by atoms with Crippen LogP contribution >= 0.6 is 24.8 Å². The van der Waals surface area contributed by atoms with E-state index in [0.717, 1.165) is 31.4 Å². The molecule has 2 atom stereocenters. The first-order valence-corrected chi connectivity index (χ1v) is 6.47. The number of anilines is 1. The third kappa shape index (κ3) is 3.87. The van der Waals surface area contributed by atoms with Gasteiger partial charge in [0, 0.05) is 25.8 Å². The molecule has 7 heteroatoms. The van der Waals surface area contributed by atoms with Crippen molar-refractivity contribution in [1.29, 1.82) is 0 Å². The monoisotopic (exact) mass is 322 g/mol. The summed E-state index contributed by atoms with van der Waals surface area (Å²) in [5, 5.41) is 4.09. The minimum absolute atomic E-state index is 0. The molecule has 0 radical (unpaired) electrons.